The molecule has 19 heavy (non-hydrogen) atoms. The summed E-state index contributed by atoms with van der Waals surface area (Å²) in [7, 11) is 1.54. The Hall–Kier alpha value is -0.530. The Morgan fingerprint density at radius 1 is 1.47 bits per heavy atom. The average Bonchev–Trinajstić information content (AvgIpc) is 2.41. The van der Waals surface area contributed by atoms with Gasteiger partial charge in [0.15, 0.2) is 0 Å². The maximum Gasteiger partial charge on any atom is 0.257 e. The summed E-state index contributed by atoms with van der Waals surface area (Å²) in [6, 6.07) is 3.41. The molecule has 0 aliphatic carbocycles. The van der Waals surface area contributed by atoms with Gasteiger partial charge in [0.2, 0.25) is 0 Å². The predicted molar refractivity (Wildman–Crippen MR) is 81.9 cm³/mol. The molecule has 1 N–H and O–H groups in total. The van der Waals surface area contributed by atoms with Gasteiger partial charge in [-0.3, -0.25) is 4.79 Å². The highest BCUT2D eigenvalue weighted by atomic mass is 127. The summed E-state index contributed by atoms with van der Waals surface area (Å²) >= 11 is 8.18. The topological polar surface area (TPSA) is 49.8 Å². The number of likely N-dealkylation sites (tertiary alicyclic amines) is 1. The smallest absolute Gasteiger partial charge is 0.257 e. The van der Waals surface area contributed by atoms with Crippen LogP contribution in [0.3, 0.4) is 0 Å². The summed E-state index contributed by atoms with van der Waals surface area (Å²) in [5.74, 6) is 0.437. The zero-order chi connectivity index (χ0) is 14.0. The van der Waals surface area contributed by atoms with Gasteiger partial charge >= 0.3 is 0 Å². The van der Waals surface area contributed by atoms with Gasteiger partial charge < -0.3 is 14.7 Å². The van der Waals surface area contributed by atoms with Crippen molar-refractivity contribution in [1.82, 2.24) is 4.90 Å². The molecule has 1 fully saturated rings. The van der Waals surface area contributed by atoms with Gasteiger partial charge in [0.05, 0.1) is 23.8 Å². The molecule has 6 heteroatoms. The Bertz CT molecular complexity index is 487. The maximum absolute atomic E-state index is 12.5. The van der Waals surface area contributed by atoms with Crippen LogP contribution >= 0.6 is 34.2 Å². The molecule has 1 heterocycles. The van der Waals surface area contributed by atoms with E-state index >= 15 is 0 Å². The summed E-state index contributed by atoms with van der Waals surface area (Å²) in [4.78, 5) is 14.2. The third-order valence-electron chi connectivity index (χ3n) is 3.22. The van der Waals surface area contributed by atoms with Gasteiger partial charge in [-0.05, 0) is 47.6 Å². The lowest BCUT2D eigenvalue weighted by Gasteiger charge is -2.30. The number of ether oxygens (including phenoxy) is 1. The van der Waals surface area contributed by atoms with E-state index in [1.54, 1.807) is 17.0 Å². The largest absolute Gasteiger partial charge is 0.496 e. The van der Waals surface area contributed by atoms with Crippen LogP contribution in [0.1, 0.15) is 23.2 Å². The number of rotatable bonds is 2. The number of hydrogen-bond donors (Lipinski definition) is 1. The number of amides is 1. The van der Waals surface area contributed by atoms with Crippen molar-refractivity contribution in [2.45, 2.75) is 18.9 Å². The molecule has 1 saturated heterocycles. The Balaban J connectivity index is 2.25. The fraction of sp³-hybridized carbons (Fsp3) is 0.462. The molecule has 0 radical (unpaired) electrons. The van der Waals surface area contributed by atoms with Crippen LogP contribution in [0.2, 0.25) is 5.02 Å². The van der Waals surface area contributed by atoms with Crippen LogP contribution in [-0.2, 0) is 0 Å². The lowest BCUT2D eigenvalue weighted by Crippen LogP contribution is -2.40. The van der Waals surface area contributed by atoms with Crippen molar-refractivity contribution in [2.24, 2.45) is 0 Å². The first-order valence-corrected chi connectivity index (χ1v) is 7.49. The molecule has 1 aromatic rings. The van der Waals surface area contributed by atoms with Crippen molar-refractivity contribution in [2.75, 3.05) is 20.2 Å². The minimum absolute atomic E-state index is 0.0953. The summed E-state index contributed by atoms with van der Waals surface area (Å²) in [6.07, 6.45) is 0.935. The van der Waals surface area contributed by atoms with Gasteiger partial charge in [0.25, 0.3) is 5.91 Å². The summed E-state index contributed by atoms with van der Waals surface area (Å²) in [5, 5.41) is 10.0. The lowest BCUT2D eigenvalue weighted by molar-refractivity contribution is 0.0544. The first-order chi connectivity index (χ1) is 9.02. The number of carbonyl (C=O) groups is 1. The van der Waals surface area contributed by atoms with Gasteiger partial charge in [0, 0.05) is 16.7 Å². The number of piperidine rings is 1. The van der Waals surface area contributed by atoms with Crippen LogP contribution in [0.5, 0.6) is 5.75 Å². The molecule has 2 rings (SSSR count). The van der Waals surface area contributed by atoms with Gasteiger partial charge in [-0.1, -0.05) is 11.6 Å². The van der Waals surface area contributed by atoms with Crippen LogP contribution < -0.4 is 4.74 Å². The number of carbonyl (C=O) groups excluding carboxylic acids is 1. The monoisotopic (exact) mass is 395 g/mol. The standard InChI is InChI=1S/C13H15ClINO3/c1-19-12-7-11(15)10(14)6-9(12)13(18)16-4-2-8(17)3-5-16/h6-8,17H,2-5H2,1H3. The van der Waals surface area contributed by atoms with Crippen molar-refractivity contribution in [3.05, 3.63) is 26.3 Å². The van der Waals surface area contributed by atoms with E-state index in [1.807, 2.05) is 0 Å². The molecule has 1 aliphatic heterocycles. The third-order valence-corrected chi connectivity index (χ3v) is 4.75. The molecular formula is C13H15ClINO3. The lowest BCUT2D eigenvalue weighted by atomic mass is 10.1. The Morgan fingerprint density at radius 2 is 2.11 bits per heavy atom. The van der Waals surface area contributed by atoms with Gasteiger partial charge in [-0.15, -0.1) is 0 Å². The normalized spacial score (nSPS) is 16.5. The number of halogens is 2. The Morgan fingerprint density at radius 3 is 2.68 bits per heavy atom. The molecule has 1 aromatic carbocycles. The maximum atomic E-state index is 12.5. The molecular weight excluding hydrogens is 381 g/mol. The second-order valence-electron chi connectivity index (χ2n) is 4.49. The van der Waals surface area contributed by atoms with Gasteiger partial charge in [-0.25, -0.2) is 0 Å². The second-order valence-corrected chi connectivity index (χ2v) is 6.06. The number of hydrogen-bond acceptors (Lipinski definition) is 3. The van der Waals surface area contributed by atoms with E-state index in [1.165, 1.54) is 7.11 Å². The highest BCUT2D eigenvalue weighted by Gasteiger charge is 2.25. The molecule has 0 aromatic heterocycles. The van der Waals surface area contributed by atoms with Crippen LogP contribution in [-0.4, -0.2) is 42.2 Å². The van der Waals surface area contributed by atoms with Crippen LogP contribution in [0.25, 0.3) is 0 Å². The zero-order valence-corrected chi connectivity index (χ0v) is 13.4. The van der Waals surface area contributed by atoms with Crippen molar-refractivity contribution in [3.8, 4) is 5.75 Å². The molecule has 0 bridgehead atoms. The van der Waals surface area contributed by atoms with E-state index in [2.05, 4.69) is 22.6 Å². The Kier molecular flexibility index (Phi) is 4.92. The van der Waals surface area contributed by atoms with Crippen molar-refractivity contribution < 1.29 is 14.6 Å². The molecule has 4 nitrogen and oxygen atoms in total. The van der Waals surface area contributed by atoms with Crippen molar-refractivity contribution in [1.29, 1.82) is 0 Å². The highest BCUT2D eigenvalue weighted by Crippen LogP contribution is 2.29. The van der Waals surface area contributed by atoms with E-state index in [-0.39, 0.29) is 12.0 Å². The number of benzene rings is 1. The van der Waals surface area contributed by atoms with Crippen molar-refractivity contribution in [3.63, 3.8) is 0 Å². The molecule has 0 unspecified atom stereocenters. The molecule has 1 amide bonds. The third kappa shape index (κ3) is 3.32. The Labute approximate surface area is 130 Å². The zero-order valence-electron chi connectivity index (χ0n) is 10.5. The first kappa shape index (κ1) is 14.9. The molecule has 1 aliphatic rings. The first-order valence-electron chi connectivity index (χ1n) is 6.03. The second kappa shape index (κ2) is 6.28. The number of nitrogens with zero attached hydrogens (tertiary/aromatic N) is 1. The van der Waals surface area contributed by atoms with Crippen molar-refractivity contribution >= 4 is 40.1 Å². The van der Waals surface area contributed by atoms with Crippen LogP contribution in [0.15, 0.2) is 12.1 Å². The minimum Gasteiger partial charge on any atom is -0.496 e. The minimum atomic E-state index is -0.300. The summed E-state index contributed by atoms with van der Waals surface area (Å²) in [6.45, 7) is 1.12. The van der Waals surface area contributed by atoms with Gasteiger partial charge in [0.1, 0.15) is 5.75 Å². The number of methoxy groups -OCH3 is 1. The van der Waals surface area contributed by atoms with E-state index in [0.29, 0.717) is 42.3 Å². The highest BCUT2D eigenvalue weighted by molar-refractivity contribution is 14.1. The molecule has 0 atom stereocenters. The quantitative estimate of drug-likeness (QED) is 0.783. The van der Waals surface area contributed by atoms with E-state index in [9.17, 15) is 9.90 Å². The fourth-order valence-electron chi connectivity index (χ4n) is 2.10. The SMILES string of the molecule is COc1cc(I)c(Cl)cc1C(=O)N1CCC(O)CC1. The van der Waals surface area contributed by atoms with E-state index < -0.39 is 0 Å². The average molecular weight is 396 g/mol. The molecule has 0 spiro atoms. The number of aliphatic hydroxyl groups excluding tert-OH is 1. The molecule has 104 valence electrons. The summed E-state index contributed by atoms with van der Waals surface area (Å²) in [5.41, 5.74) is 0.476. The van der Waals surface area contributed by atoms with E-state index in [4.69, 9.17) is 16.3 Å². The molecule has 0 saturated carbocycles. The number of aliphatic hydroxyl groups is 1. The summed E-state index contributed by atoms with van der Waals surface area (Å²) < 4.78 is 6.10. The predicted octanol–water partition coefficient (Wildman–Crippen LogP) is 2.55. The van der Waals surface area contributed by atoms with E-state index in [0.717, 1.165) is 3.57 Å². The van der Waals surface area contributed by atoms with Crippen LogP contribution in [0.4, 0.5) is 0 Å². The fourth-order valence-corrected chi connectivity index (χ4v) is 2.71. The van der Waals surface area contributed by atoms with Gasteiger partial charge in [-0.2, -0.15) is 0 Å². The van der Waals surface area contributed by atoms with Crippen LogP contribution in [0, 0.1) is 3.57 Å².